The quantitative estimate of drug-likeness (QED) is 0.861. The third-order valence-electron chi connectivity index (χ3n) is 5.28. The van der Waals surface area contributed by atoms with Crippen LogP contribution in [0.5, 0.6) is 11.5 Å². The summed E-state index contributed by atoms with van der Waals surface area (Å²) in [4.78, 5) is 17.3. The van der Waals surface area contributed by atoms with Gasteiger partial charge in [-0.2, -0.15) is 0 Å². The summed E-state index contributed by atoms with van der Waals surface area (Å²) in [5.41, 5.74) is 1.07. The molecule has 0 unspecified atom stereocenters. The van der Waals surface area contributed by atoms with Crippen LogP contribution in [0.4, 0.5) is 0 Å². The van der Waals surface area contributed by atoms with Crippen LogP contribution < -0.4 is 14.8 Å². The number of hydrogen-bond acceptors (Lipinski definition) is 5. The predicted octanol–water partition coefficient (Wildman–Crippen LogP) is 0.998. The molecule has 1 fully saturated rings. The van der Waals surface area contributed by atoms with E-state index in [1.807, 2.05) is 18.2 Å². The van der Waals surface area contributed by atoms with Crippen molar-refractivity contribution in [2.75, 3.05) is 53.5 Å². The highest BCUT2D eigenvalue weighted by atomic mass is 16.5. The number of nitrogens with zero attached hydrogens (tertiary/aromatic N) is 2. The maximum Gasteiger partial charge on any atom is 0.226 e. The minimum absolute atomic E-state index is 0.0856. The Morgan fingerprint density at radius 1 is 1.36 bits per heavy atom. The van der Waals surface area contributed by atoms with Gasteiger partial charge in [0.25, 0.3) is 0 Å². The highest BCUT2D eigenvalue weighted by molar-refractivity contribution is 5.79. The van der Waals surface area contributed by atoms with Gasteiger partial charge in [0.05, 0.1) is 13.0 Å². The molecule has 0 spiro atoms. The van der Waals surface area contributed by atoms with E-state index in [0.717, 1.165) is 43.2 Å². The Bertz CT molecular complexity index is 600. The van der Waals surface area contributed by atoms with Crippen LogP contribution in [0, 0.1) is 5.92 Å². The second-order valence-corrected chi connectivity index (χ2v) is 7.12. The molecule has 138 valence electrons. The molecule has 0 aromatic heterocycles. The fraction of sp³-hybridized carbons (Fsp3) is 0.632. The fourth-order valence-corrected chi connectivity index (χ4v) is 3.43. The van der Waals surface area contributed by atoms with E-state index < -0.39 is 0 Å². The van der Waals surface area contributed by atoms with Crippen LogP contribution in [0.1, 0.15) is 12.5 Å². The lowest BCUT2D eigenvalue weighted by atomic mass is 9.96. The molecule has 2 atom stereocenters. The molecule has 2 aliphatic heterocycles. The van der Waals surface area contributed by atoms with Gasteiger partial charge in [0.2, 0.25) is 5.91 Å². The summed E-state index contributed by atoms with van der Waals surface area (Å²) in [6.07, 6.45) is 0.716. The lowest BCUT2D eigenvalue weighted by Crippen LogP contribution is -2.52. The molecule has 2 heterocycles. The molecular weight excluding hydrogens is 318 g/mol. The van der Waals surface area contributed by atoms with Crippen LogP contribution in [-0.2, 0) is 11.2 Å². The number of likely N-dealkylation sites (N-methyl/N-ethyl adjacent to an activating group) is 1. The van der Waals surface area contributed by atoms with Gasteiger partial charge in [-0.15, -0.1) is 0 Å². The second kappa shape index (κ2) is 8.06. The molecular formula is C19H29N3O3. The Kier molecular flexibility index (Phi) is 5.81. The van der Waals surface area contributed by atoms with Crippen LogP contribution in [0.15, 0.2) is 18.2 Å². The molecule has 0 bridgehead atoms. The average Bonchev–Trinajstić information content (AvgIpc) is 2.65. The number of amides is 1. The summed E-state index contributed by atoms with van der Waals surface area (Å²) in [5.74, 6) is 1.57. The zero-order valence-corrected chi connectivity index (χ0v) is 15.5. The fourth-order valence-electron chi connectivity index (χ4n) is 3.43. The maximum atomic E-state index is 12.5. The Balaban J connectivity index is 1.48. The summed E-state index contributed by atoms with van der Waals surface area (Å²) < 4.78 is 11.0. The molecule has 6 nitrogen and oxygen atoms in total. The summed E-state index contributed by atoms with van der Waals surface area (Å²) in [5, 5.41) is 3.12. The molecule has 3 rings (SSSR count). The standard InChI is InChI=1S/C19H29N3O3/c1-14(22-8-6-21(2)7-9-22)12-20-19(23)16-10-15-4-5-17(24-3)11-18(15)25-13-16/h4-5,11,14,16H,6-10,12-13H2,1-3H3,(H,20,23)/t14-,16-/m0/s1. The third kappa shape index (κ3) is 4.44. The normalized spacial score (nSPS) is 22.6. The van der Waals surface area contributed by atoms with Crippen LogP contribution in [0.25, 0.3) is 0 Å². The Morgan fingerprint density at radius 3 is 2.84 bits per heavy atom. The molecule has 0 aliphatic carbocycles. The largest absolute Gasteiger partial charge is 0.497 e. The van der Waals surface area contributed by atoms with Gasteiger partial charge >= 0.3 is 0 Å². The molecule has 1 N–H and O–H groups in total. The third-order valence-corrected chi connectivity index (χ3v) is 5.28. The first-order valence-electron chi connectivity index (χ1n) is 9.07. The summed E-state index contributed by atoms with van der Waals surface area (Å²) in [6.45, 7) is 7.61. The summed E-state index contributed by atoms with van der Waals surface area (Å²) in [6, 6.07) is 6.15. The van der Waals surface area contributed by atoms with Gasteiger partial charge in [-0.3, -0.25) is 9.69 Å². The van der Waals surface area contributed by atoms with E-state index in [4.69, 9.17) is 9.47 Å². The van der Waals surface area contributed by atoms with E-state index in [9.17, 15) is 4.79 Å². The minimum atomic E-state index is -0.124. The van der Waals surface area contributed by atoms with E-state index >= 15 is 0 Å². The van der Waals surface area contributed by atoms with Crippen molar-refractivity contribution >= 4 is 5.91 Å². The smallest absolute Gasteiger partial charge is 0.226 e. The molecule has 6 heteroatoms. The number of methoxy groups -OCH3 is 1. The van der Waals surface area contributed by atoms with E-state index in [-0.39, 0.29) is 11.8 Å². The van der Waals surface area contributed by atoms with Crippen LogP contribution >= 0.6 is 0 Å². The van der Waals surface area contributed by atoms with Gasteiger partial charge in [-0.05, 0) is 32.0 Å². The molecule has 1 amide bonds. The molecule has 1 aromatic carbocycles. The molecule has 0 radical (unpaired) electrons. The SMILES string of the molecule is COc1ccc2c(c1)OC[C@@H](C(=O)NC[C@H](C)N1CCN(C)CC1)C2. The Labute approximate surface area is 150 Å². The van der Waals surface area contributed by atoms with E-state index in [1.54, 1.807) is 7.11 Å². The number of rotatable bonds is 5. The maximum absolute atomic E-state index is 12.5. The number of carbonyl (C=O) groups excluding carboxylic acids is 1. The number of benzene rings is 1. The minimum Gasteiger partial charge on any atom is -0.497 e. The van der Waals surface area contributed by atoms with Gasteiger partial charge in [0, 0.05) is 44.8 Å². The summed E-state index contributed by atoms with van der Waals surface area (Å²) >= 11 is 0. The first-order valence-corrected chi connectivity index (χ1v) is 9.07. The van der Waals surface area contributed by atoms with Crippen molar-refractivity contribution in [3.8, 4) is 11.5 Å². The second-order valence-electron chi connectivity index (χ2n) is 7.12. The number of carbonyl (C=O) groups is 1. The zero-order valence-electron chi connectivity index (χ0n) is 15.5. The van der Waals surface area contributed by atoms with Gasteiger partial charge in [0.15, 0.2) is 0 Å². The molecule has 1 aromatic rings. The molecule has 1 saturated heterocycles. The number of piperazine rings is 1. The van der Waals surface area contributed by atoms with Crippen molar-refractivity contribution in [1.82, 2.24) is 15.1 Å². The van der Waals surface area contributed by atoms with Crippen molar-refractivity contribution in [2.24, 2.45) is 5.92 Å². The highest BCUT2D eigenvalue weighted by Gasteiger charge is 2.27. The van der Waals surface area contributed by atoms with Crippen LogP contribution in [0.2, 0.25) is 0 Å². The molecule has 0 saturated carbocycles. The van der Waals surface area contributed by atoms with Gasteiger partial charge < -0.3 is 19.7 Å². The highest BCUT2D eigenvalue weighted by Crippen LogP contribution is 2.31. The number of hydrogen-bond donors (Lipinski definition) is 1. The Hall–Kier alpha value is -1.79. The first kappa shape index (κ1) is 18.0. The number of nitrogens with one attached hydrogen (secondary N) is 1. The zero-order chi connectivity index (χ0) is 17.8. The van der Waals surface area contributed by atoms with Crippen LogP contribution in [0.3, 0.4) is 0 Å². The van der Waals surface area contributed by atoms with E-state index in [1.165, 1.54) is 0 Å². The first-order chi connectivity index (χ1) is 12.1. The number of fused-ring (bicyclic) bond motifs is 1. The van der Waals surface area contributed by atoms with Crippen LogP contribution in [-0.4, -0.2) is 75.2 Å². The van der Waals surface area contributed by atoms with Gasteiger partial charge in [-0.25, -0.2) is 0 Å². The van der Waals surface area contributed by atoms with Crippen molar-refractivity contribution in [2.45, 2.75) is 19.4 Å². The van der Waals surface area contributed by atoms with Gasteiger partial charge in [0.1, 0.15) is 18.1 Å². The van der Waals surface area contributed by atoms with E-state index in [0.29, 0.717) is 25.6 Å². The lowest BCUT2D eigenvalue weighted by molar-refractivity contribution is -0.126. The molecule has 25 heavy (non-hydrogen) atoms. The predicted molar refractivity (Wildman–Crippen MR) is 97.2 cm³/mol. The van der Waals surface area contributed by atoms with Crippen molar-refractivity contribution < 1.29 is 14.3 Å². The topological polar surface area (TPSA) is 54.0 Å². The van der Waals surface area contributed by atoms with E-state index in [2.05, 4.69) is 29.1 Å². The average molecular weight is 347 g/mol. The van der Waals surface area contributed by atoms with Gasteiger partial charge in [-0.1, -0.05) is 6.07 Å². The number of ether oxygens (including phenoxy) is 2. The van der Waals surface area contributed by atoms with Crippen molar-refractivity contribution in [3.63, 3.8) is 0 Å². The monoisotopic (exact) mass is 347 g/mol. The lowest BCUT2D eigenvalue weighted by Gasteiger charge is -2.36. The van der Waals surface area contributed by atoms with Crippen molar-refractivity contribution in [3.05, 3.63) is 23.8 Å². The van der Waals surface area contributed by atoms with Crippen molar-refractivity contribution in [1.29, 1.82) is 0 Å². The summed E-state index contributed by atoms with van der Waals surface area (Å²) in [7, 11) is 3.79. The molecule has 2 aliphatic rings. The Morgan fingerprint density at radius 2 is 2.12 bits per heavy atom.